The number of nitrogens with zero attached hydrogens (tertiary/aromatic N) is 1. The highest BCUT2D eigenvalue weighted by Crippen LogP contribution is 2.24. The number of hydrogen-bond acceptors (Lipinski definition) is 1. The van der Waals surface area contributed by atoms with Crippen LogP contribution in [0.2, 0.25) is 0 Å². The molecule has 1 aromatic heterocycles. The van der Waals surface area contributed by atoms with Gasteiger partial charge in [-0.1, -0.05) is 13.8 Å². The van der Waals surface area contributed by atoms with Gasteiger partial charge in [-0.05, 0) is 30.5 Å². The molecule has 0 amide bonds. The normalized spacial score (nSPS) is 11.4. The standard InChI is InChI=1S/C13H13F2N/c1-7(2)10-4-9-5-11(14)12(15)8(3)13(9)16-6-10/h4-7H,1-3H3. The number of benzene rings is 1. The molecule has 84 valence electrons. The van der Waals surface area contributed by atoms with E-state index in [1.165, 1.54) is 6.07 Å². The molecule has 0 N–H and O–H groups in total. The van der Waals surface area contributed by atoms with E-state index in [1.54, 1.807) is 13.1 Å². The van der Waals surface area contributed by atoms with E-state index in [-0.39, 0.29) is 5.56 Å². The van der Waals surface area contributed by atoms with Crippen LogP contribution in [0.25, 0.3) is 10.9 Å². The molecule has 0 unspecified atom stereocenters. The van der Waals surface area contributed by atoms with E-state index in [1.807, 2.05) is 19.9 Å². The van der Waals surface area contributed by atoms with Gasteiger partial charge in [0, 0.05) is 17.1 Å². The molecule has 0 saturated heterocycles. The molecule has 0 aliphatic rings. The number of rotatable bonds is 1. The van der Waals surface area contributed by atoms with E-state index in [0.29, 0.717) is 16.8 Å². The Morgan fingerprint density at radius 2 is 1.88 bits per heavy atom. The SMILES string of the molecule is Cc1c(F)c(F)cc2cc(C(C)C)cnc12. The van der Waals surface area contributed by atoms with E-state index < -0.39 is 11.6 Å². The summed E-state index contributed by atoms with van der Waals surface area (Å²) in [7, 11) is 0. The summed E-state index contributed by atoms with van der Waals surface area (Å²) in [6.45, 7) is 5.62. The fourth-order valence-corrected chi connectivity index (χ4v) is 1.72. The molecule has 0 aliphatic heterocycles. The fourth-order valence-electron chi connectivity index (χ4n) is 1.72. The first kappa shape index (κ1) is 11.0. The van der Waals surface area contributed by atoms with Crippen LogP contribution in [-0.4, -0.2) is 4.98 Å². The number of aryl methyl sites for hydroxylation is 1. The van der Waals surface area contributed by atoms with Crippen molar-refractivity contribution in [3.05, 3.63) is 41.1 Å². The Morgan fingerprint density at radius 1 is 1.19 bits per heavy atom. The molecule has 1 nitrogen and oxygen atoms in total. The highest BCUT2D eigenvalue weighted by Gasteiger charge is 2.11. The van der Waals surface area contributed by atoms with E-state index in [2.05, 4.69) is 4.98 Å². The summed E-state index contributed by atoms with van der Waals surface area (Å²) >= 11 is 0. The summed E-state index contributed by atoms with van der Waals surface area (Å²) in [6.07, 6.45) is 1.72. The Morgan fingerprint density at radius 3 is 2.50 bits per heavy atom. The quantitative estimate of drug-likeness (QED) is 0.710. The van der Waals surface area contributed by atoms with Gasteiger partial charge in [0.15, 0.2) is 11.6 Å². The lowest BCUT2D eigenvalue weighted by molar-refractivity contribution is 0.505. The molecule has 0 spiro atoms. The zero-order chi connectivity index (χ0) is 11.9. The lowest BCUT2D eigenvalue weighted by Gasteiger charge is -2.08. The smallest absolute Gasteiger partial charge is 0.163 e. The molecular formula is C13H13F2N. The summed E-state index contributed by atoms with van der Waals surface area (Å²) in [6, 6.07) is 3.07. The van der Waals surface area contributed by atoms with Crippen molar-refractivity contribution in [3.63, 3.8) is 0 Å². The van der Waals surface area contributed by atoms with Crippen molar-refractivity contribution < 1.29 is 8.78 Å². The van der Waals surface area contributed by atoms with E-state index in [4.69, 9.17) is 0 Å². The van der Waals surface area contributed by atoms with Crippen molar-refractivity contribution in [2.75, 3.05) is 0 Å². The van der Waals surface area contributed by atoms with Crippen LogP contribution in [-0.2, 0) is 0 Å². The van der Waals surface area contributed by atoms with Gasteiger partial charge < -0.3 is 0 Å². The molecule has 2 rings (SSSR count). The van der Waals surface area contributed by atoms with Crippen molar-refractivity contribution in [1.29, 1.82) is 0 Å². The number of pyridine rings is 1. The van der Waals surface area contributed by atoms with Gasteiger partial charge in [-0.3, -0.25) is 4.98 Å². The summed E-state index contributed by atoms with van der Waals surface area (Å²) in [4.78, 5) is 4.20. The van der Waals surface area contributed by atoms with E-state index in [0.717, 1.165) is 5.56 Å². The van der Waals surface area contributed by atoms with Crippen molar-refractivity contribution in [2.24, 2.45) is 0 Å². The first-order valence-electron chi connectivity index (χ1n) is 5.25. The Hall–Kier alpha value is -1.51. The van der Waals surface area contributed by atoms with Gasteiger partial charge in [0.05, 0.1) is 5.52 Å². The number of aromatic nitrogens is 1. The average Bonchev–Trinajstić information content (AvgIpc) is 2.25. The van der Waals surface area contributed by atoms with Crippen LogP contribution < -0.4 is 0 Å². The first-order valence-corrected chi connectivity index (χ1v) is 5.25. The molecule has 1 heterocycles. The second-order valence-electron chi connectivity index (χ2n) is 4.29. The van der Waals surface area contributed by atoms with Gasteiger partial charge in [-0.15, -0.1) is 0 Å². The van der Waals surface area contributed by atoms with Crippen molar-refractivity contribution in [3.8, 4) is 0 Å². The lowest BCUT2D eigenvalue weighted by Crippen LogP contribution is -1.95. The largest absolute Gasteiger partial charge is 0.256 e. The zero-order valence-electron chi connectivity index (χ0n) is 9.51. The van der Waals surface area contributed by atoms with Crippen LogP contribution in [0.1, 0.15) is 30.9 Å². The monoisotopic (exact) mass is 221 g/mol. The summed E-state index contributed by atoms with van der Waals surface area (Å²) in [5.41, 5.74) is 1.83. The number of halogens is 2. The Kier molecular flexibility index (Phi) is 2.62. The summed E-state index contributed by atoms with van der Waals surface area (Å²) in [5, 5.41) is 0.655. The van der Waals surface area contributed by atoms with Crippen LogP contribution in [0, 0.1) is 18.6 Å². The summed E-state index contributed by atoms with van der Waals surface area (Å²) in [5.74, 6) is -1.30. The third-order valence-corrected chi connectivity index (χ3v) is 2.78. The van der Waals surface area contributed by atoms with Gasteiger partial charge in [-0.25, -0.2) is 8.78 Å². The summed E-state index contributed by atoms with van der Waals surface area (Å²) < 4.78 is 26.5. The molecule has 0 saturated carbocycles. The van der Waals surface area contributed by atoms with Gasteiger partial charge in [0.25, 0.3) is 0 Å². The van der Waals surface area contributed by atoms with Gasteiger partial charge in [-0.2, -0.15) is 0 Å². The molecule has 2 aromatic rings. The molecule has 16 heavy (non-hydrogen) atoms. The second kappa shape index (κ2) is 3.81. The average molecular weight is 221 g/mol. The van der Waals surface area contributed by atoms with Crippen LogP contribution >= 0.6 is 0 Å². The Balaban J connectivity index is 2.76. The van der Waals surface area contributed by atoms with Gasteiger partial charge >= 0.3 is 0 Å². The molecule has 0 fully saturated rings. The third kappa shape index (κ3) is 1.66. The van der Waals surface area contributed by atoms with E-state index in [9.17, 15) is 8.78 Å². The molecule has 1 aromatic carbocycles. The van der Waals surface area contributed by atoms with Gasteiger partial charge in [0.2, 0.25) is 0 Å². The molecule has 0 bridgehead atoms. The zero-order valence-corrected chi connectivity index (χ0v) is 9.51. The van der Waals surface area contributed by atoms with Crippen molar-refractivity contribution >= 4 is 10.9 Å². The Bertz CT molecular complexity index is 547. The van der Waals surface area contributed by atoms with Crippen molar-refractivity contribution in [2.45, 2.75) is 26.7 Å². The highest BCUT2D eigenvalue weighted by molar-refractivity contribution is 5.82. The van der Waals surface area contributed by atoms with Crippen molar-refractivity contribution in [1.82, 2.24) is 4.98 Å². The van der Waals surface area contributed by atoms with Crippen LogP contribution in [0.5, 0.6) is 0 Å². The topological polar surface area (TPSA) is 12.9 Å². The molecular weight excluding hydrogens is 208 g/mol. The molecule has 0 radical (unpaired) electrons. The van der Waals surface area contributed by atoms with E-state index >= 15 is 0 Å². The maximum Gasteiger partial charge on any atom is 0.163 e. The Labute approximate surface area is 93.1 Å². The minimum absolute atomic E-state index is 0.269. The predicted molar refractivity (Wildman–Crippen MR) is 60.5 cm³/mol. The highest BCUT2D eigenvalue weighted by atomic mass is 19.2. The third-order valence-electron chi connectivity index (χ3n) is 2.78. The number of fused-ring (bicyclic) bond motifs is 1. The lowest BCUT2D eigenvalue weighted by atomic mass is 10.0. The van der Waals surface area contributed by atoms with Crippen LogP contribution in [0.15, 0.2) is 18.3 Å². The molecule has 0 atom stereocenters. The maximum atomic E-state index is 13.3. The second-order valence-corrected chi connectivity index (χ2v) is 4.29. The predicted octanol–water partition coefficient (Wildman–Crippen LogP) is 3.94. The molecule has 0 aliphatic carbocycles. The first-order chi connectivity index (χ1) is 7.50. The van der Waals surface area contributed by atoms with Gasteiger partial charge in [0.1, 0.15) is 0 Å². The van der Waals surface area contributed by atoms with Crippen LogP contribution in [0.4, 0.5) is 8.78 Å². The molecule has 3 heteroatoms. The van der Waals surface area contributed by atoms with Crippen LogP contribution in [0.3, 0.4) is 0 Å². The minimum atomic E-state index is -0.812. The fraction of sp³-hybridized carbons (Fsp3) is 0.308. The maximum absolute atomic E-state index is 13.3. The minimum Gasteiger partial charge on any atom is -0.256 e. The number of hydrogen-bond donors (Lipinski definition) is 0.